The van der Waals surface area contributed by atoms with Gasteiger partial charge in [0.15, 0.2) is 0 Å². The fraction of sp³-hybridized carbons (Fsp3) is 0.174. The van der Waals surface area contributed by atoms with Gasteiger partial charge in [-0.05, 0) is 55.0 Å². The minimum absolute atomic E-state index is 0.0141. The number of amides is 2. The van der Waals surface area contributed by atoms with Crippen molar-refractivity contribution in [3.05, 3.63) is 89.2 Å². The summed E-state index contributed by atoms with van der Waals surface area (Å²) in [4.78, 5) is 31.2. The quantitative estimate of drug-likeness (QED) is 0.515. The maximum atomic E-state index is 13.6. The van der Waals surface area contributed by atoms with Crippen molar-refractivity contribution >= 4 is 39.1 Å². The first-order chi connectivity index (χ1) is 15.3. The number of hydrogen-bond donors (Lipinski definition) is 0. The SMILES string of the molecule is Cc1ccc(N2C(=O)CC(N(Cc3cccnc3)S(=O)(=O)c3ccc(Cl)cc3)C2=O)cc1. The number of carbonyl (C=O) groups is 2. The van der Waals surface area contributed by atoms with Crippen molar-refractivity contribution in [2.24, 2.45) is 0 Å². The van der Waals surface area contributed by atoms with Crippen LogP contribution < -0.4 is 4.90 Å². The van der Waals surface area contributed by atoms with E-state index in [0.29, 0.717) is 16.3 Å². The average Bonchev–Trinajstić information content (AvgIpc) is 3.07. The maximum Gasteiger partial charge on any atom is 0.252 e. The number of anilines is 1. The van der Waals surface area contributed by atoms with Crippen LogP contribution in [0, 0.1) is 6.92 Å². The zero-order valence-corrected chi connectivity index (χ0v) is 18.8. The van der Waals surface area contributed by atoms with Gasteiger partial charge in [-0.2, -0.15) is 4.31 Å². The first-order valence-corrected chi connectivity index (χ1v) is 11.7. The number of rotatable bonds is 6. The molecule has 0 spiro atoms. The van der Waals surface area contributed by atoms with E-state index >= 15 is 0 Å². The van der Waals surface area contributed by atoms with Gasteiger partial charge in [0, 0.05) is 24.0 Å². The number of pyridine rings is 1. The molecule has 32 heavy (non-hydrogen) atoms. The molecule has 0 N–H and O–H groups in total. The highest BCUT2D eigenvalue weighted by Crippen LogP contribution is 2.31. The van der Waals surface area contributed by atoms with Crippen molar-refractivity contribution in [1.29, 1.82) is 0 Å². The van der Waals surface area contributed by atoms with E-state index in [1.54, 1.807) is 42.6 Å². The molecule has 1 aromatic heterocycles. The van der Waals surface area contributed by atoms with Crippen LogP contribution in [0.1, 0.15) is 17.5 Å². The molecule has 1 aliphatic heterocycles. The third-order valence-electron chi connectivity index (χ3n) is 5.24. The topological polar surface area (TPSA) is 87.7 Å². The Balaban J connectivity index is 1.74. The molecule has 1 unspecified atom stereocenters. The Morgan fingerprint density at radius 3 is 2.38 bits per heavy atom. The first kappa shape index (κ1) is 22.1. The van der Waals surface area contributed by atoms with Crippen LogP contribution in [-0.4, -0.2) is 35.6 Å². The fourth-order valence-corrected chi connectivity index (χ4v) is 5.28. The number of halogens is 1. The molecular weight excluding hydrogens is 450 g/mol. The average molecular weight is 470 g/mol. The van der Waals surface area contributed by atoms with Gasteiger partial charge in [0.25, 0.3) is 5.91 Å². The number of hydrogen-bond acceptors (Lipinski definition) is 5. The Morgan fingerprint density at radius 1 is 1.06 bits per heavy atom. The van der Waals surface area contributed by atoms with E-state index in [1.165, 1.54) is 30.5 Å². The van der Waals surface area contributed by atoms with Gasteiger partial charge in [0.05, 0.1) is 17.0 Å². The van der Waals surface area contributed by atoms with Crippen LogP contribution in [0.3, 0.4) is 0 Å². The second-order valence-corrected chi connectivity index (χ2v) is 9.82. The molecule has 1 fully saturated rings. The maximum absolute atomic E-state index is 13.6. The van der Waals surface area contributed by atoms with Crippen LogP contribution in [0.5, 0.6) is 0 Å². The van der Waals surface area contributed by atoms with Crippen LogP contribution in [0.15, 0.2) is 78.0 Å². The highest BCUT2D eigenvalue weighted by Gasteiger charge is 2.47. The lowest BCUT2D eigenvalue weighted by Gasteiger charge is -2.27. The minimum atomic E-state index is -4.12. The Morgan fingerprint density at radius 2 is 1.75 bits per heavy atom. The van der Waals surface area contributed by atoms with Crippen molar-refractivity contribution < 1.29 is 18.0 Å². The Labute approximate surface area is 191 Å². The van der Waals surface area contributed by atoms with Crippen molar-refractivity contribution in [1.82, 2.24) is 9.29 Å². The lowest BCUT2D eigenvalue weighted by atomic mass is 10.2. The predicted octanol–water partition coefficient (Wildman–Crippen LogP) is 3.57. The number of benzene rings is 2. The van der Waals surface area contributed by atoms with Gasteiger partial charge < -0.3 is 0 Å². The molecule has 7 nitrogen and oxygen atoms in total. The van der Waals surface area contributed by atoms with Gasteiger partial charge in [-0.1, -0.05) is 35.4 Å². The van der Waals surface area contributed by atoms with Crippen LogP contribution >= 0.6 is 11.6 Å². The van der Waals surface area contributed by atoms with E-state index in [-0.39, 0.29) is 17.9 Å². The highest BCUT2D eigenvalue weighted by molar-refractivity contribution is 7.89. The highest BCUT2D eigenvalue weighted by atomic mass is 35.5. The molecule has 3 aromatic rings. The summed E-state index contributed by atoms with van der Waals surface area (Å²) in [5.41, 5.74) is 1.99. The van der Waals surface area contributed by atoms with E-state index in [0.717, 1.165) is 14.8 Å². The van der Waals surface area contributed by atoms with Crippen LogP contribution in [0.2, 0.25) is 5.02 Å². The van der Waals surface area contributed by atoms with E-state index in [4.69, 9.17) is 11.6 Å². The zero-order valence-electron chi connectivity index (χ0n) is 17.2. The molecular formula is C23H20ClN3O4S. The second kappa shape index (κ2) is 8.82. The van der Waals surface area contributed by atoms with Crippen LogP contribution in [0.25, 0.3) is 0 Å². The molecule has 1 aliphatic rings. The van der Waals surface area contributed by atoms with Crippen molar-refractivity contribution in [2.45, 2.75) is 30.8 Å². The molecule has 1 atom stereocenters. The summed E-state index contributed by atoms with van der Waals surface area (Å²) in [7, 11) is -4.12. The normalized spacial score (nSPS) is 16.7. The molecule has 4 rings (SSSR count). The lowest BCUT2D eigenvalue weighted by Crippen LogP contribution is -2.45. The van der Waals surface area contributed by atoms with E-state index < -0.39 is 27.9 Å². The van der Waals surface area contributed by atoms with E-state index in [1.807, 2.05) is 6.92 Å². The molecule has 0 radical (unpaired) electrons. The number of imide groups is 1. The standard InChI is InChI=1S/C23H20ClN3O4S/c1-16-4-8-19(9-5-16)27-22(28)13-21(23(27)29)26(15-17-3-2-12-25-14-17)32(30,31)20-10-6-18(24)7-11-20/h2-12,14,21H,13,15H2,1H3. The van der Waals surface area contributed by atoms with Gasteiger partial charge in [-0.3, -0.25) is 14.6 Å². The van der Waals surface area contributed by atoms with Crippen LogP contribution in [0.4, 0.5) is 5.69 Å². The van der Waals surface area contributed by atoms with E-state index in [9.17, 15) is 18.0 Å². The molecule has 9 heteroatoms. The summed E-state index contributed by atoms with van der Waals surface area (Å²) in [6, 6.07) is 14.9. The van der Waals surface area contributed by atoms with E-state index in [2.05, 4.69) is 4.98 Å². The van der Waals surface area contributed by atoms with Gasteiger partial charge in [0.2, 0.25) is 15.9 Å². The Bertz CT molecular complexity index is 1250. The summed E-state index contributed by atoms with van der Waals surface area (Å²) in [6.45, 7) is 1.79. The summed E-state index contributed by atoms with van der Waals surface area (Å²) in [5.74, 6) is -1.04. The molecule has 2 amide bonds. The third-order valence-corrected chi connectivity index (χ3v) is 7.36. The number of aromatic nitrogens is 1. The molecule has 1 saturated heterocycles. The molecule has 0 bridgehead atoms. The zero-order chi connectivity index (χ0) is 22.9. The molecule has 0 aliphatic carbocycles. The smallest absolute Gasteiger partial charge is 0.252 e. The predicted molar refractivity (Wildman–Crippen MR) is 120 cm³/mol. The largest absolute Gasteiger partial charge is 0.274 e. The molecule has 164 valence electrons. The van der Waals surface area contributed by atoms with Crippen molar-refractivity contribution in [3.63, 3.8) is 0 Å². The van der Waals surface area contributed by atoms with Gasteiger partial charge in [-0.15, -0.1) is 0 Å². The fourth-order valence-electron chi connectivity index (χ4n) is 3.58. The lowest BCUT2D eigenvalue weighted by molar-refractivity contribution is -0.122. The molecule has 0 saturated carbocycles. The number of aryl methyl sites for hydroxylation is 1. The van der Waals surface area contributed by atoms with Gasteiger partial charge >= 0.3 is 0 Å². The van der Waals surface area contributed by atoms with Gasteiger partial charge in [-0.25, -0.2) is 13.3 Å². The summed E-state index contributed by atoms with van der Waals surface area (Å²) in [6.07, 6.45) is 2.86. The van der Waals surface area contributed by atoms with Gasteiger partial charge in [0.1, 0.15) is 6.04 Å². The third kappa shape index (κ3) is 4.29. The summed E-state index contributed by atoms with van der Waals surface area (Å²) < 4.78 is 28.2. The minimum Gasteiger partial charge on any atom is -0.274 e. The number of nitrogens with zero attached hydrogens (tertiary/aromatic N) is 3. The summed E-state index contributed by atoms with van der Waals surface area (Å²) in [5, 5.41) is 0.389. The summed E-state index contributed by atoms with van der Waals surface area (Å²) >= 11 is 5.92. The Kier molecular flexibility index (Phi) is 6.10. The number of carbonyl (C=O) groups excluding carboxylic acids is 2. The van der Waals surface area contributed by atoms with Crippen molar-refractivity contribution in [3.8, 4) is 0 Å². The van der Waals surface area contributed by atoms with Crippen molar-refractivity contribution in [2.75, 3.05) is 4.90 Å². The molecule has 2 heterocycles. The second-order valence-electron chi connectivity index (χ2n) is 7.49. The number of sulfonamides is 1. The first-order valence-electron chi connectivity index (χ1n) is 9.87. The monoisotopic (exact) mass is 469 g/mol. The Hall–Kier alpha value is -3.07. The molecule has 2 aromatic carbocycles. The van der Waals surface area contributed by atoms with Crippen LogP contribution in [-0.2, 0) is 26.2 Å².